The van der Waals surface area contributed by atoms with Gasteiger partial charge in [0.1, 0.15) is 11.6 Å². The number of benzene rings is 1. The Hall–Kier alpha value is -2.43. The molecule has 0 bridgehead atoms. The van der Waals surface area contributed by atoms with Crippen molar-refractivity contribution in [2.24, 2.45) is 0 Å². The number of aryl methyl sites for hydroxylation is 3. The first kappa shape index (κ1) is 14.0. The van der Waals surface area contributed by atoms with Crippen molar-refractivity contribution in [1.82, 2.24) is 9.97 Å². The van der Waals surface area contributed by atoms with Crippen molar-refractivity contribution in [3.05, 3.63) is 47.0 Å². The van der Waals surface area contributed by atoms with Crippen molar-refractivity contribution in [1.29, 1.82) is 0 Å². The maximum Gasteiger partial charge on any atom is 0.259 e. The quantitative estimate of drug-likeness (QED) is 0.932. The van der Waals surface area contributed by atoms with Gasteiger partial charge in [0.25, 0.3) is 5.91 Å². The van der Waals surface area contributed by atoms with E-state index in [0.29, 0.717) is 28.5 Å². The number of hydrogen-bond donors (Lipinski definition) is 1. The van der Waals surface area contributed by atoms with Crippen LogP contribution in [0.3, 0.4) is 0 Å². The zero-order valence-corrected chi connectivity index (χ0v) is 12.0. The molecule has 0 radical (unpaired) electrons. The molecule has 0 saturated heterocycles. The van der Waals surface area contributed by atoms with Crippen LogP contribution in [0.5, 0.6) is 5.75 Å². The lowest BCUT2D eigenvalue weighted by Gasteiger charge is -2.10. The fourth-order valence-corrected chi connectivity index (χ4v) is 2.08. The lowest BCUT2D eigenvalue weighted by atomic mass is 10.1. The number of ether oxygens (including phenoxy) is 1. The van der Waals surface area contributed by atoms with E-state index < -0.39 is 0 Å². The molecule has 1 N–H and O–H groups in total. The van der Waals surface area contributed by atoms with Gasteiger partial charge in [0.15, 0.2) is 0 Å². The maximum absolute atomic E-state index is 12.3. The topological polar surface area (TPSA) is 64.1 Å². The summed E-state index contributed by atoms with van der Waals surface area (Å²) in [6.45, 7) is 5.43. The average molecular weight is 271 g/mol. The first-order chi connectivity index (χ1) is 9.51. The van der Waals surface area contributed by atoms with Crippen molar-refractivity contribution >= 4 is 11.6 Å². The summed E-state index contributed by atoms with van der Waals surface area (Å²) in [5.41, 5.74) is 2.59. The number of anilines is 1. The molecule has 5 nitrogen and oxygen atoms in total. The van der Waals surface area contributed by atoms with Crippen molar-refractivity contribution in [3.8, 4) is 5.75 Å². The standard InChI is InChI=1S/C15H17N3O2/c1-9-14(10(2)17-11(3)16-9)15(19)18-12-5-7-13(20-4)8-6-12/h5-8H,1-4H3,(H,18,19). The van der Waals surface area contributed by atoms with Gasteiger partial charge >= 0.3 is 0 Å². The highest BCUT2D eigenvalue weighted by molar-refractivity contribution is 6.05. The largest absolute Gasteiger partial charge is 0.497 e. The molecule has 0 aliphatic heterocycles. The molecule has 20 heavy (non-hydrogen) atoms. The van der Waals surface area contributed by atoms with Crippen LogP contribution in [0.4, 0.5) is 5.69 Å². The predicted molar refractivity (Wildman–Crippen MR) is 77.2 cm³/mol. The van der Waals surface area contributed by atoms with Gasteiger partial charge in [0, 0.05) is 5.69 Å². The molecular weight excluding hydrogens is 254 g/mol. The van der Waals surface area contributed by atoms with Crippen LogP contribution in [0.15, 0.2) is 24.3 Å². The van der Waals surface area contributed by atoms with Crippen LogP contribution in [-0.4, -0.2) is 23.0 Å². The Morgan fingerprint density at radius 2 is 1.60 bits per heavy atom. The van der Waals surface area contributed by atoms with Crippen LogP contribution in [0, 0.1) is 20.8 Å². The molecule has 0 atom stereocenters. The third kappa shape index (κ3) is 2.93. The molecule has 1 aromatic carbocycles. The summed E-state index contributed by atoms with van der Waals surface area (Å²) >= 11 is 0. The minimum Gasteiger partial charge on any atom is -0.497 e. The summed E-state index contributed by atoms with van der Waals surface area (Å²) < 4.78 is 5.08. The van der Waals surface area contributed by atoms with Gasteiger partial charge in [-0.05, 0) is 45.0 Å². The zero-order valence-electron chi connectivity index (χ0n) is 12.0. The number of methoxy groups -OCH3 is 1. The Morgan fingerprint density at radius 1 is 1.05 bits per heavy atom. The van der Waals surface area contributed by atoms with Gasteiger partial charge in [0.2, 0.25) is 0 Å². The van der Waals surface area contributed by atoms with E-state index in [1.165, 1.54) is 0 Å². The monoisotopic (exact) mass is 271 g/mol. The number of hydrogen-bond acceptors (Lipinski definition) is 4. The molecule has 0 aliphatic carbocycles. The van der Waals surface area contributed by atoms with E-state index >= 15 is 0 Å². The summed E-state index contributed by atoms with van der Waals surface area (Å²) in [6, 6.07) is 7.16. The van der Waals surface area contributed by atoms with Crippen molar-refractivity contribution in [2.45, 2.75) is 20.8 Å². The molecular formula is C15H17N3O2. The van der Waals surface area contributed by atoms with Crippen LogP contribution in [0.1, 0.15) is 27.6 Å². The van der Waals surface area contributed by atoms with Gasteiger partial charge in [-0.3, -0.25) is 4.79 Å². The molecule has 2 aromatic rings. The highest BCUT2D eigenvalue weighted by Crippen LogP contribution is 2.17. The lowest BCUT2D eigenvalue weighted by molar-refractivity contribution is 0.102. The first-order valence-electron chi connectivity index (χ1n) is 6.28. The van der Waals surface area contributed by atoms with Gasteiger partial charge in [-0.1, -0.05) is 0 Å². The molecule has 0 fully saturated rings. The predicted octanol–water partition coefficient (Wildman–Crippen LogP) is 2.66. The van der Waals surface area contributed by atoms with Crippen molar-refractivity contribution in [2.75, 3.05) is 12.4 Å². The second-order valence-corrected chi connectivity index (χ2v) is 4.50. The highest BCUT2D eigenvalue weighted by atomic mass is 16.5. The Labute approximate surface area is 118 Å². The summed E-state index contributed by atoms with van der Waals surface area (Å²) in [5, 5.41) is 2.84. The number of nitrogens with zero attached hydrogens (tertiary/aromatic N) is 2. The van der Waals surface area contributed by atoms with E-state index in [-0.39, 0.29) is 5.91 Å². The molecule has 0 unspecified atom stereocenters. The van der Waals surface area contributed by atoms with E-state index in [9.17, 15) is 4.79 Å². The van der Waals surface area contributed by atoms with Crippen LogP contribution in [0.2, 0.25) is 0 Å². The number of nitrogens with one attached hydrogen (secondary N) is 1. The SMILES string of the molecule is COc1ccc(NC(=O)c2c(C)nc(C)nc2C)cc1. The van der Waals surface area contributed by atoms with Crippen LogP contribution < -0.4 is 10.1 Å². The van der Waals surface area contributed by atoms with Crippen molar-refractivity contribution < 1.29 is 9.53 Å². The van der Waals surface area contributed by atoms with Crippen molar-refractivity contribution in [3.63, 3.8) is 0 Å². The molecule has 104 valence electrons. The van der Waals surface area contributed by atoms with Gasteiger partial charge < -0.3 is 10.1 Å². The van der Waals surface area contributed by atoms with E-state index in [2.05, 4.69) is 15.3 Å². The van der Waals surface area contributed by atoms with E-state index in [0.717, 1.165) is 5.75 Å². The summed E-state index contributed by atoms with van der Waals surface area (Å²) in [7, 11) is 1.60. The maximum atomic E-state index is 12.3. The molecule has 2 rings (SSSR count). The molecule has 0 saturated carbocycles. The molecule has 5 heteroatoms. The van der Waals surface area contributed by atoms with Crippen LogP contribution in [-0.2, 0) is 0 Å². The molecule has 1 heterocycles. The van der Waals surface area contributed by atoms with Crippen LogP contribution in [0.25, 0.3) is 0 Å². The second-order valence-electron chi connectivity index (χ2n) is 4.50. The molecule has 0 spiro atoms. The molecule has 1 amide bonds. The average Bonchev–Trinajstić information content (AvgIpc) is 2.38. The smallest absolute Gasteiger partial charge is 0.259 e. The van der Waals surface area contributed by atoms with Gasteiger partial charge in [-0.25, -0.2) is 9.97 Å². The van der Waals surface area contributed by atoms with Crippen LogP contribution >= 0.6 is 0 Å². The Kier molecular flexibility index (Phi) is 3.98. The second kappa shape index (κ2) is 5.69. The van der Waals surface area contributed by atoms with Gasteiger partial charge in [-0.2, -0.15) is 0 Å². The number of rotatable bonds is 3. The Morgan fingerprint density at radius 3 is 2.10 bits per heavy atom. The fraction of sp³-hybridized carbons (Fsp3) is 0.267. The summed E-state index contributed by atoms with van der Waals surface area (Å²) in [6.07, 6.45) is 0. The minimum absolute atomic E-state index is 0.204. The summed E-state index contributed by atoms with van der Waals surface area (Å²) in [4.78, 5) is 20.8. The normalized spacial score (nSPS) is 10.2. The minimum atomic E-state index is -0.204. The zero-order chi connectivity index (χ0) is 14.7. The molecule has 0 aliphatic rings. The fourth-order valence-electron chi connectivity index (χ4n) is 2.08. The highest BCUT2D eigenvalue weighted by Gasteiger charge is 2.15. The number of carbonyl (C=O) groups is 1. The van der Waals surface area contributed by atoms with E-state index in [1.807, 2.05) is 20.8 Å². The Balaban J connectivity index is 2.23. The lowest BCUT2D eigenvalue weighted by Crippen LogP contribution is -2.17. The first-order valence-corrected chi connectivity index (χ1v) is 6.28. The van der Waals surface area contributed by atoms with E-state index in [4.69, 9.17) is 4.74 Å². The van der Waals surface area contributed by atoms with Gasteiger partial charge in [0.05, 0.1) is 24.1 Å². The third-order valence-corrected chi connectivity index (χ3v) is 2.96. The number of aromatic nitrogens is 2. The van der Waals surface area contributed by atoms with Gasteiger partial charge in [-0.15, -0.1) is 0 Å². The summed E-state index contributed by atoms with van der Waals surface area (Å²) in [5.74, 6) is 1.21. The number of amides is 1. The number of carbonyl (C=O) groups excluding carboxylic acids is 1. The molecule has 1 aromatic heterocycles. The Bertz CT molecular complexity index is 613. The third-order valence-electron chi connectivity index (χ3n) is 2.96. The van der Waals surface area contributed by atoms with E-state index in [1.54, 1.807) is 31.4 Å².